The molecule has 0 bridgehead atoms. The lowest BCUT2D eigenvalue weighted by Gasteiger charge is -2.24. The number of carbonyl (C=O) groups excluding carboxylic acids is 1. The second kappa shape index (κ2) is 7.74. The summed E-state index contributed by atoms with van der Waals surface area (Å²) in [6, 6.07) is 2.31. The summed E-state index contributed by atoms with van der Waals surface area (Å²) in [5.41, 5.74) is 0. The Labute approximate surface area is 131 Å². The minimum Gasteiger partial charge on any atom is -0.377 e. The summed E-state index contributed by atoms with van der Waals surface area (Å²) in [7, 11) is 0. The van der Waals surface area contributed by atoms with Gasteiger partial charge in [-0.25, -0.2) is 4.68 Å². The predicted molar refractivity (Wildman–Crippen MR) is 84.8 cm³/mol. The first-order valence-electron chi connectivity index (χ1n) is 8.48. The van der Waals surface area contributed by atoms with Gasteiger partial charge in [0.2, 0.25) is 5.91 Å². The molecule has 0 aromatic carbocycles. The van der Waals surface area contributed by atoms with E-state index in [4.69, 9.17) is 4.74 Å². The van der Waals surface area contributed by atoms with E-state index in [9.17, 15) is 4.79 Å². The van der Waals surface area contributed by atoms with E-state index in [1.807, 2.05) is 10.7 Å². The van der Waals surface area contributed by atoms with E-state index in [-0.39, 0.29) is 12.0 Å². The minimum atomic E-state index is -0.0180. The fourth-order valence-electron chi connectivity index (χ4n) is 3.37. The average Bonchev–Trinajstić information content (AvgIpc) is 3.20. The van der Waals surface area contributed by atoms with Gasteiger partial charge in [0.15, 0.2) is 0 Å². The summed E-state index contributed by atoms with van der Waals surface area (Å²) < 4.78 is 7.51. The maximum absolute atomic E-state index is 12.1. The normalized spacial score (nSPS) is 22.8. The van der Waals surface area contributed by atoms with Crippen LogP contribution in [-0.2, 0) is 9.53 Å². The van der Waals surface area contributed by atoms with Crippen molar-refractivity contribution in [3.63, 3.8) is 0 Å². The molecule has 6 heteroatoms. The number of amides is 1. The number of anilines is 1. The highest BCUT2D eigenvalue weighted by Gasteiger charge is 2.19. The molecular formula is C16H26N4O2. The molecule has 0 spiro atoms. The number of nitrogens with zero attached hydrogens (tertiary/aromatic N) is 2. The lowest BCUT2D eigenvalue weighted by molar-refractivity contribution is -0.115. The Bertz CT molecular complexity index is 476. The third-order valence-electron chi connectivity index (χ3n) is 4.54. The fourth-order valence-corrected chi connectivity index (χ4v) is 3.37. The maximum Gasteiger partial charge on any atom is 0.239 e. The number of aromatic nitrogens is 2. The molecule has 2 N–H and O–H groups in total. The van der Waals surface area contributed by atoms with Crippen molar-refractivity contribution in [1.82, 2.24) is 15.1 Å². The molecule has 1 aliphatic heterocycles. The first kappa shape index (κ1) is 15.5. The summed E-state index contributed by atoms with van der Waals surface area (Å²) in [6.45, 7) is 1.91. The average molecular weight is 306 g/mol. The Morgan fingerprint density at radius 2 is 2.14 bits per heavy atom. The van der Waals surface area contributed by atoms with Crippen molar-refractivity contribution in [2.45, 2.75) is 57.1 Å². The molecule has 1 amide bonds. The van der Waals surface area contributed by atoms with E-state index in [0.717, 1.165) is 44.7 Å². The lowest BCUT2D eigenvalue weighted by Crippen LogP contribution is -2.34. The van der Waals surface area contributed by atoms with E-state index >= 15 is 0 Å². The summed E-state index contributed by atoms with van der Waals surface area (Å²) >= 11 is 0. The first-order chi connectivity index (χ1) is 10.8. The second-order valence-electron chi connectivity index (χ2n) is 6.27. The van der Waals surface area contributed by atoms with Crippen molar-refractivity contribution < 1.29 is 9.53 Å². The molecule has 122 valence electrons. The molecule has 1 aromatic heterocycles. The zero-order chi connectivity index (χ0) is 15.2. The van der Waals surface area contributed by atoms with Gasteiger partial charge in [0.05, 0.1) is 24.9 Å². The van der Waals surface area contributed by atoms with Gasteiger partial charge in [0, 0.05) is 19.2 Å². The van der Waals surface area contributed by atoms with E-state index < -0.39 is 0 Å². The molecule has 2 fully saturated rings. The highest BCUT2D eigenvalue weighted by molar-refractivity contribution is 5.91. The second-order valence-corrected chi connectivity index (χ2v) is 6.27. The van der Waals surface area contributed by atoms with Crippen LogP contribution in [0.2, 0.25) is 0 Å². The van der Waals surface area contributed by atoms with Crippen LogP contribution in [0, 0.1) is 0 Å². The Morgan fingerprint density at radius 1 is 1.27 bits per heavy atom. The van der Waals surface area contributed by atoms with Crippen molar-refractivity contribution in [2.24, 2.45) is 0 Å². The van der Waals surface area contributed by atoms with E-state index in [2.05, 4.69) is 15.7 Å². The van der Waals surface area contributed by atoms with E-state index in [0.29, 0.717) is 12.6 Å². The van der Waals surface area contributed by atoms with Gasteiger partial charge in [0.25, 0.3) is 0 Å². The van der Waals surface area contributed by atoms with Crippen molar-refractivity contribution in [2.75, 3.05) is 25.0 Å². The standard InChI is InChI=1S/C16H26N4O2/c21-16(12-17-11-14-7-4-10-22-14)19-15-8-9-18-20(15)13-5-2-1-3-6-13/h8-9,13-14,17H,1-7,10-12H2,(H,19,21). The summed E-state index contributed by atoms with van der Waals surface area (Å²) in [5.74, 6) is 0.798. The first-order valence-corrected chi connectivity index (χ1v) is 8.48. The number of carbonyl (C=O) groups is 1. The van der Waals surface area contributed by atoms with E-state index in [1.165, 1.54) is 19.3 Å². The maximum atomic E-state index is 12.1. The largest absolute Gasteiger partial charge is 0.377 e. The van der Waals surface area contributed by atoms with Gasteiger partial charge in [-0.05, 0) is 25.7 Å². The van der Waals surface area contributed by atoms with Crippen molar-refractivity contribution >= 4 is 11.7 Å². The third kappa shape index (κ3) is 4.08. The molecule has 2 heterocycles. The van der Waals surface area contributed by atoms with Crippen molar-refractivity contribution in [3.8, 4) is 0 Å². The molecular weight excluding hydrogens is 280 g/mol. The van der Waals surface area contributed by atoms with Crippen molar-refractivity contribution in [1.29, 1.82) is 0 Å². The molecule has 1 atom stereocenters. The Balaban J connectivity index is 1.45. The van der Waals surface area contributed by atoms with Crippen LogP contribution < -0.4 is 10.6 Å². The summed E-state index contributed by atoms with van der Waals surface area (Å²) in [4.78, 5) is 12.1. The van der Waals surface area contributed by atoms with Crippen LogP contribution in [0.1, 0.15) is 51.0 Å². The van der Waals surface area contributed by atoms with E-state index in [1.54, 1.807) is 6.20 Å². The van der Waals surface area contributed by atoms with Crippen LogP contribution in [0.5, 0.6) is 0 Å². The monoisotopic (exact) mass is 306 g/mol. The van der Waals surface area contributed by atoms with Gasteiger partial charge in [-0.3, -0.25) is 4.79 Å². The van der Waals surface area contributed by atoms with Gasteiger partial charge in [0.1, 0.15) is 5.82 Å². The van der Waals surface area contributed by atoms with Crippen LogP contribution in [-0.4, -0.2) is 41.5 Å². The summed E-state index contributed by atoms with van der Waals surface area (Å²) in [5, 5.41) is 10.5. The Hall–Kier alpha value is -1.40. The Kier molecular flexibility index (Phi) is 5.45. The molecule has 1 saturated carbocycles. The molecule has 1 saturated heterocycles. The zero-order valence-electron chi connectivity index (χ0n) is 13.1. The topological polar surface area (TPSA) is 68.2 Å². The molecule has 2 aliphatic rings. The van der Waals surface area contributed by atoms with Crippen LogP contribution in [0.3, 0.4) is 0 Å². The summed E-state index contributed by atoms with van der Waals surface area (Å²) in [6.07, 6.45) is 10.4. The highest BCUT2D eigenvalue weighted by Crippen LogP contribution is 2.29. The van der Waals surface area contributed by atoms with Crippen LogP contribution >= 0.6 is 0 Å². The fraction of sp³-hybridized carbons (Fsp3) is 0.750. The minimum absolute atomic E-state index is 0.0180. The van der Waals surface area contributed by atoms with Crippen LogP contribution in [0.15, 0.2) is 12.3 Å². The number of hydrogen-bond acceptors (Lipinski definition) is 4. The molecule has 1 unspecified atom stereocenters. The van der Waals surface area contributed by atoms with Gasteiger partial charge in [-0.1, -0.05) is 19.3 Å². The van der Waals surface area contributed by atoms with Crippen LogP contribution in [0.25, 0.3) is 0 Å². The lowest BCUT2D eigenvalue weighted by atomic mass is 9.96. The Morgan fingerprint density at radius 3 is 2.91 bits per heavy atom. The molecule has 1 aliphatic carbocycles. The quantitative estimate of drug-likeness (QED) is 0.844. The third-order valence-corrected chi connectivity index (χ3v) is 4.54. The van der Waals surface area contributed by atoms with Gasteiger partial charge in [-0.2, -0.15) is 5.10 Å². The van der Waals surface area contributed by atoms with Crippen molar-refractivity contribution in [3.05, 3.63) is 12.3 Å². The van der Waals surface area contributed by atoms with Crippen LogP contribution in [0.4, 0.5) is 5.82 Å². The molecule has 22 heavy (non-hydrogen) atoms. The smallest absolute Gasteiger partial charge is 0.239 e. The SMILES string of the molecule is O=C(CNCC1CCCO1)Nc1ccnn1C1CCCCC1. The van der Waals surface area contributed by atoms with Gasteiger partial charge < -0.3 is 15.4 Å². The van der Waals surface area contributed by atoms with Gasteiger partial charge >= 0.3 is 0 Å². The number of rotatable bonds is 6. The number of nitrogens with one attached hydrogen (secondary N) is 2. The molecule has 3 rings (SSSR count). The number of hydrogen-bond donors (Lipinski definition) is 2. The predicted octanol–water partition coefficient (Wildman–Crippen LogP) is 2.10. The zero-order valence-corrected chi connectivity index (χ0v) is 13.1. The molecule has 1 aromatic rings. The molecule has 6 nitrogen and oxygen atoms in total. The molecule has 0 radical (unpaired) electrons. The van der Waals surface area contributed by atoms with Gasteiger partial charge in [-0.15, -0.1) is 0 Å². The number of ether oxygens (including phenoxy) is 1. The highest BCUT2D eigenvalue weighted by atomic mass is 16.5.